The van der Waals surface area contributed by atoms with Gasteiger partial charge in [-0.05, 0) is 24.3 Å². The van der Waals surface area contributed by atoms with E-state index in [0.29, 0.717) is 0 Å². The fourth-order valence-electron chi connectivity index (χ4n) is 1.95. The summed E-state index contributed by atoms with van der Waals surface area (Å²) in [5, 5.41) is 2.80. The molecule has 0 aromatic heterocycles. The van der Waals surface area contributed by atoms with Crippen molar-refractivity contribution in [2.45, 2.75) is 15.8 Å². The van der Waals surface area contributed by atoms with E-state index in [1.165, 1.54) is 4.90 Å². The van der Waals surface area contributed by atoms with Crippen molar-refractivity contribution < 1.29 is 4.79 Å². The normalized spacial score (nSPS) is 17.4. The average molecular weight is 256 g/mol. The number of nitrogens with two attached hydrogens (primary N) is 1. The first kappa shape index (κ1) is 11.3. The molecule has 0 aliphatic carbocycles. The first-order valence-corrected chi connectivity index (χ1v) is 6.49. The molecule has 3 rings (SSSR count). The SMILES string of the molecule is NC1C(=O)Nc2cc(Sc3ccccc3)ccc21. The third-order valence-corrected chi connectivity index (χ3v) is 3.88. The van der Waals surface area contributed by atoms with Crippen LogP contribution in [0.3, 0.4) is 0 Å². The van der Waals surface area contributed by atoms with Gasteiger partial charge in [0, 0.05) is 21.0 Å². The number of nitrogens with one attached hydrogen (secondary N) is 1. The first-order valence-electron chi connectivity index (χ1n) is 5.67. The van der Waals surface area contributed by atoms with Gasteiger partial charge in [-0.15, -0.1) is 0 Å². The van der Waals surface area contributed by atoms with Gasteiger partial charge in [-0.2, -0.15) is 0 Å². The van der Waals surface area contributed by atoms with Gasteiger partial charge in [0.15, 0.2) is 0 Å². The summed E-state index contributed by atoms with van der Waals surface area (Å²) in [7, 11) is 0. The van der Waals surface area contributed by atoms with Crippen LogP contribution in [0.5, 0.6) is 0 Å². The third kappa shape index (κ3) is 2.00. The van der Waals surface area contributed by atoms with E-state index in [0.717, 1.165) is 16.1 Å². The monoisotopic (exact) mass is 256 g/mol. The van der Waals surface area contributed by atoms with E-state index in [1.807, 2.05) is 36.4 Å². The van der Waals surface area contributed by atoms with E-state index in [-0.39, 0.29) is 5.91 Å². The van der Waals surface area contributed by atoms with Crippen LogP contribution in [-0.2, 0) is 4.79 Å². The fourth-order valence-corrected chi connectivity index (χ4v) is 2.83. The zero-order valence-corrected chi connectivity index (χ0v) is 10.4. The highest BCUT2D eigenvalue weighted by atomic mass is 32.2. The summed E-state index contributed by atoms with van der Waals surface area (Å²) in [6, 6.07) is 15.5. The summed E-state index contributed by atoms with van der Waals surface area (Å²) < 4.78 is 0. The molecule has 3 nitrogen and oxygen atoms in total. The van der Waals surface area contributed by atoms with Crippen molar-refractivity contribution in [1.82, 2.24) is 0 Å². The molecule has 4 heteroatoms. The summed E-state index contributed by atoms with van der Waals surface area (Å²) in [5.74, 6) is -0.133. The quantitative estimate of drug-likeness (QED) is 0.868. The summed E-state index contributed by atoms with van der Waals surface area (Å²) >= 11 is 1.66. The maximum atomic E-state index is 11.5. The zero-order valence-electron chi connectivity index (χ0n) is 9.59. The van der Waals surface area contributed by atoms with Crippen LogP contribution in [0.15, 0.2) is 58.3 Å². The second kappa shape index (κ2) is 4.48. The number of amides is 1. The summed E-state index contributed by atoms with van der Waals surface area (Å²) in [5.41, 5.74) is 7.47. The highest BCUT2D eigenvalue weighted by Crippen LogP contribution is 2.35. The minimum Gasteiger partial charge on any atom is -0.324 e. The van der Waals surface area contributed by atoms with Crippen molar-refractivity contribution in [1.29, 1.82) is 0 Å². The Morgan fingerprint density at radius 3 is 2.61 bits per heavy atom. The summed E-state index contributed by atoms with van der Waals surface area (Å²) in [6.07, 6.45) is 0. The topological polar surface area (TPSA) is 55.1 Å². The van der Waals surface area contributed by atoms with Crippen LogP contribution >= 0.6 is 11.8 Å². The Morgan fingerprint density at radius 2 is 1.83 bits per heavy atom. The molecule has 1 amide bonds. The molecule has 0 saturated carbocycles. The molecule has 0 bridgehead atoms. The van der Waals surface area contributed by atoms with E-state index in [9.17, 15) is 4.79 Å². The average Bonchev–Trinajstić information content (AvgIpc) is 2.66. The Hall–Kier alpha value is -1.78. The lowest BCUT2D eigenvalue weighted by atomic mass is 10.1. The van der Waals surface area contributed by atoms with Crippen molar-refractivity contribution in [3.05, 3.63) is 54.1 Å². The molecule has 1 aliphatic heterocycles. The lowest BCUT2D eigenvalue weighted by Gasteiger charge is -2.05. The van der Waals surface area contributed by atoms with Crippen molar-refractivity contribution in [3.8, 4) is 0 Å². The Balaban J connectivity index is 1.88. The van der Waals surface area contributed by atoms with Crippen LogP contribution in [0.4, 0.5) is 5.69 Å². The van der Waals surface area contributed by atoms with Gasteiger partial charge in [-0.3, -0.25) is 4.79 Å². The standard InChI is InChI=1S/C14H12N2OS/c15-13-11-7-6-10(8-12(11)16-14(13)17)18-9-4-2-1-3-5-9/h1-8,13H,15H2,(H,16,17). The summed E-state index contributed by atoms with van der Waals surface area (Å²) in [4.78, 5) is 13.7. The van der Waals surface area contributed by atoms with Crippen LogP contribution in [0.1, 0.15) is 11.6 Å². The van der Waals surface area contributed by atoms with Crippen molar-refractivity contribution in [3.63, 3.8) is 0 Å². The van der Waals surface area contributed by atoms with Gasteiger partial charge in [0.25, 0.3) is 0 Å². The van der Waals surface area contributed by atoms with Gasteiger partial charge in [-0.1, -0.05) is 36.0 Å². The number of anilines is 1. The maximum absolute atomic E-state index is 11.5. The minimum absolute atomic E-state index is 0.133. The highest BCUT2D eigenvalue weighted by molar-refractivity contribution is 7.99. The smallest absolute Gasteiger partial charge is 0.245 e. The summed E-state index contributed by atoms with van der Waals surface area (Å²) in [6.45, 7) is 0. The van der Waals surface area contributed by atoms with E-state index in [2.05, 4.69) is 17.4 Å². The number of carbonyl (C=O) groups excluding carboxylic acids is 1. The highest BCUT2D eigenvalue weighted by Gasteiger charge is 2.26. The van der Waals surface area contributed by atoms with Crippen LogP contribution in [0.2, 0.25) is 0 Å². The van der Waals surface area contributed by atoms with Crippen molar-refractivity contribution in [2.24, 2.45) is 5.73 Å². The maximum Gasteiger partial charge on any atom is 0.245 e. The van der Waals surface area contributed by atoms with Crippen LogP contribution < -0.4 is 11.1 Å². The van der Waals surface area contributed by atoms with Crippen molar-refractivity contribution >= 4 is 23.4 Å². The van der Waals surface area contributed by atoms with Gasteiger partial charge in [0.2, 0.25) is 5.91 Å². The number of hydrogen-bond acceptors (Lipinski definition) is 3. The second-order valence-corrected chi connectivity index (χ2v) is 5.28. The van der Waals surface area contributed by atoms with E-state index in [4.69, 9.17) is 5.73 Å². The third-order valence-electron chi connectivity index (χ3n) is 2.88. The molecule has 1 unspecified atom stereocenters. The molecule has 0 fully saturated rings. The zero-order chi connectivity index (χ0) is 12.5. The van der Waals surface area contributed by atoms with Crippen LogP contribution in [0.25, 0.3) is 0 Å². The molecule has 2 aromatic rings. The molecule has 0 radical (unpaired) electrons. The molecule has 1 aliphatic rings. The van der Waals surface area contributed by atoms with Gasteiger partial charge in [0.1, 0.15) is 6.04 Å². The Bertz CT molecular complexity index is 598. The molecule has 0 spiro atoms. The molecule has 2 aromatic carbocycles. The second-order valence-electron chi connectivity index (χ2n) is 4.13. The van der Waals surface area contributed by atoms with Gasteiger partial charge in [-0.25, -0.2) is 0 Å². The predicted octanol–water partition coefficient (Wildman–Crippen LogP) is 2.79. The number of fused-ring (bicyclic) bond motifs is 1. The van der Waals surface area contributed by atoms with E-state index < -0.39 is 6.04 Å². The lowest BCUT2D eigenvalue weighted by Crippen LogP contribution is -2.19. The molecule has 0 saturated heterocycles. The van der Waals surface area contributed by atoms with E-state index >= 15 is 0 Å². The Kier molecular flexibility index (Phi) is 2.81. The molecular weight excluding hydrogens is 244 g/mol. The number of benzene rings is 2. The van der Waals surface area contributed by atoms with Crippen LogP contribution in [0, 0.1) is 0 Å². The molecule has 1 heterocycles. The largest absolute Gasteiger partial charge is 0.324 e. The Morgan fingerprint density at radius 1 is 1.06 bits per heavy atom. The number of carbonyl (C=O) groups is 1. The number of rotatable bonds is 2. The first-order chi connectivity index (χ1) is 8.74. The minimum atomic E-state index is -0.532. The van der Waals surface area contributed by atoms with Gasteiger partial charge < -0.3 is 11.1 Å². The molecule has 90 valence electrons. The van der Waals surface area contributed by atoms with Crippen molar-refractivity contribution in [2.75, 3.05) is 5.32 Å². The van der Waals surface area contributed by atoms with E-state index in [1.54, 1.807) is 11.8 Å². The van der Waals surface area contributed by atoms with Crippen LogP contribution in [-0.4, -0.2) is 5.91 Å². The fraction of sp³-hybridized carbons (Fsp3) is 0.0714. The molecule has 18 heavy (non-hydrogen) atoms. The predicted molar refractivity (Wildman–Crippen MR) is 72.6 cm³/mol. The van der Waals surface area contributed by atoms with Gasteiger partial charge >= 0.3 is 0 Å². The lowest BCUT2D eigenvalue weighted by molar-refractivity contribution is -0.116. The molecule has 1 atom stereocenters. The van der Waals surface area contributed by atoms with Gasteiger partial charge in [0.05, 0.1) is 0 Å². The molecule has 3 N–H and O–H groups in total. The molecular formula is C14H12N2OS. The Labute approximate surface area is 109 Å². The number of hydrogen-bond donors (Lipinski definition) is 2.